The molecule has 0 spiro atoms. The van der Waals surface area contributed by atoms with Gasteiger partial charge in [-0.25, -0.2) is 9.18 Å². The maximum Gasteiger partial charge on any atom is 0.324 e. The van der Waals surface area contributed by atoms with E-state index >= 15 is 0 Å². The standard InChI is InChI=1S/C26H24FN3O3/c1-17-4-2-5-18(12-17)15-28-25(32)21-7-3-6-19(13-21)16-30-24(31)14-23(29-26(30)33)20-8-10-22(27)11-9-20/h2-13,23H,14-16H2,1H3,(H,28,32)(H,29,33)/t23-/m0/s1. The van der Waals surface area contributed by atoms with Crippen molar-refractivity contribution < 1.29 is 18.8 Å². The smallest absolute Gasteiger partial charge is 0.324 e. The zero-order valence-electron chi connectivity index (χ0n) is 18.2. The number of amides is 4. The van der Waals surface area contributed by atoms with Gasteiger partial charge in [-0.05, 0) is 47.9 Å². The van der Waals surface area contributed by atoms with Crippen LogP contribution < -0.4 is 10.6 Å². The summed E-state index contributed by atoms with van der Waals surface area (Å²) in [6.45, 7) is 2.46. The lowest BCUT2D eigenvalue weighted by Crippen LogP contribution is -2.50. The molecule has 7 heteroatoms. The van der Waals surface area contributed by atoms with E-state index < -0.39 is 12.1 Å². The number of benzene rings is 3. The third-order valence-electron chi connectivity index (χ3n) is 5.56. The minimum absolute atomic E-state index is 0.0554. The number of halogens is 1. The van der Waals surface area contributed by atoms with Gasteiger partial charge in [0.15, 0.2) is 0 Å². The number of imide groups is 1. The van der Waals surface area contributed by atoms with Crippen LogP contribution in [-0.4, -0.2) is 22.7 Å². The third-order valence-corrected chi connectivity index (χ3v) is 5.56. The number of hydrogen-bond acceptors (Lipinski definition) is 3. The zero-order valence-corrected chi connectivity index (χ0v) is 18.2. The summed E-state index contributed by atoms with van der Waals surface area (Å²) >= 11 is 0. The van der Waals surface area contributed by atoms with Crippen LogP contribution in [0.5, 0.6) is 0 Å². The quantitative estimate of drug-likeness (QED) is 0.596. The number of hydrogen-bond donors (Lipinski definition) is 2. The Hall–Kier alpha value is -4.00. The summed E-state index contributed by atoms with van der Waals surface area (Å²) in [5, 5.41) is 5.69. The fraction of sp³-hybridized carbons (Fsp3) is 0.192. The van der Waals surface area contributed by atoms with Gasteiger partial charge >= 0.3 is 6.03 Å². The molecule has 1 heterocycles. The number of rotatable bonds is 6. The van der Waals surface area contributed by atoms with Crippen LogP contribution in [0.4, 0.5) is 9.18 Å². The average Bonchev–Trinajstić information content (AvgIpc) is 2.80. The lowest BCUT2D eigenvalue weighted by atomic mass is 10.0. The number of carbonyl (C=O) groups is 3. The second kappa shape index (κ2) is 9.65. The van der Waals surface area contributed by atoms with Crippen molar-refractivity contribution in [2.24, 2.45) is 0 Å². The molecule has 0 aliphatic carbocycles. The molecular weight excluding hydrogens is 421 g/mol. The summed E-state index contributed by atoms with van der Waals surface area (Å²) in [4.78, 5) is 39.0. The van der Waals surface area contributed by atoms with Gasteiger partial charge in [-0.2, -0.15) is 0 Å². The maximum absolute atomic E-state index is 13.2. The van der Waals surface area contributed by atoms with Crippen LogP contribution in [0.15, 0.2) is 72.8 Å². The Bertz CT molecular complexity index is 1180. The number of nitrogens with one attached hydrogen (secondary N) is 2. The van der Waals surface area contributed by atoms with E-state index in [0.717, 1.165) is 16.0 Å². The molecule has 33 heavy (non-hydrogen) atoms. The van der Waals surface area contributed by atoms with Crippen molar-refractivity contribution in [3.05, 3.63) is 106 Å². The van der Waals surface area contributed by atoms with Crippen LogP contribution in [0.3, 0.4) is 0 Å². The first-order valence-corrected chi connectivity index (χ1v) is 10.7. The molecule has 4 amide bonds. The van der Waals surface area contributed by atoms with Crippen molar-refractivity contribution in [3.63, 3.8) is 0 Å². The molecule has 1 atom stereocenters. The molecule has 4 rings (SSSR count). The molecule has 0 saturated carbocycles. The summed E-state index contributed by atoms with van der Waals surface area (Å²) < 4.78 is 13.2. The molecule has 3 aromatic rings. The molecule has 2 N–H and O–H groups in total. The van der Waals surface area contributed by atoms with Crippen LogP contribution in [0.1, 0.15) is 45.1 Å². The van der Waals surface area contributed by atoms with Crippen molar-refractivity contribution in [2.75, 3.05) is 0 Å². The number of carbonyl (C=O) groups excluding carboxylic acids is 3. The van der Waals surface area contributed by atoms with E-state index in [2.05, 4.69) is 10.6 Å². The highest BCUT2D eigenvalue weighted by Crippen LogP contribution is 2.24. The number of aryl methyl sites for hydroxylation is 1. The Morgan fingerprint density at radius 1 is 1.03 bits per heavy atom. The summed E-state index contributed by atoms with van der Waals surface area (Å²) in [6.07, 6.45) is 0.0774. The lowest BCUT2D eigenvalue weighted by molar-refractivity contribution is -0.130. The predicted octanol–water partition coefficient (Wildman–Crippen LogP) is 4.25. The van der Waals surface area contributed by atoms with Crippen molar-refractivity contribution in [3.8, 4) is 0 Å². The monoisotopic (exact) mass is 445 g/mol. The summed E-state index contributed by atoms with van der Waals surface area (Å²) in [5.74, 6) is -0.942. The summed E-state index contributed by atoms with van der Waals surface area (Å²) in [6, 6.07) is 19.5. The van der Waals surface area contributed by atoms with Crippen LogP contribution in [0, 0.1) is 12.7 Å². The molecule has 1 fully saturated rings. The van der Waals surface area contributed by atoms with Gasteiger partial charge < -0.3 is 10.6 Å². The van der Waals surface area contributed by atoms with E-state index in [1.54, 1.807) is 36.4 Å². The SMILES string of the molecule is Cc1cccc(CNC(=O)c2cccc(CN3C(=O)C[C@@H](c4ccc(F)cc4)NC3=O)c2)c1. The zero-order chi connectivity index (χ0) is 23.4. The summed E-state index contributed by atoms with van der Waals surface area (Å²) in [5.41, 5.74) is 3.92. The molecular formula is C26H24FN3O3. The van der Waals surface area contributed by atoms with Crippen molar-refractivity contribution in [1.29, 1.82) is 0 Å². The minimum atomic E-state index is -0.519. The molecule has 0 radical (unpaired) electrons. The van der Waals surface area contributed by atoms with Gasteiger partial charge in [0.2, 0.25) is 5.91 Å². The fourth-order valence-corrected chi connectivity index (χ4v) is 3.83. The molecule has 1 aliphatic heterocycles. The van der Waals surface area contributed by atoms with Gasteiger partial charge in [-0.15, -0.1) is 0 Å². The normalized spacial score (nSPS) is 15.8. The van der Waals surface area contributed by atoms with E-state index in [4.69, 9.17) is 0 Å². The van der Waals surface area contributed by atoms with Gasteiger partial charge in [0.25, 0.3) is 5.91 Å². The van der Waals surface area contributed by atoms with Crippen molar-refractivity contribution in [2.45, 2.75) is 32.5 Å². The Morgan fingerprint density at radius 3 is 2.48 bits per heavy atom. The Kier molecular flexibility index (Phi) is 6.49. The van der Waals surface area contributed by atoms with Gasteiger partial charge in [-0.3, -0.25) is 14.5 Å². The molecule has 168 valence electrons. The second-order valence-corrected chi connectivity index (χ2v) is 8.11. The third kappa shape index (κ3) is 5.44. The average molecular weight is 445 g/mol. The van der Waals surface area contributed by atoms with E-state index in [-0.39, 0.29) is 30.6 Å². The molecule has 0 aromatic heterocycles. The van der Waals surface area contributed by atoms with E-state index in [1.165, 1.54) is 12.1 Å². The van der Waals surface area contributed by atoms with Gasteiger partial charge in [0.05, 0.1) is 19.0 Å². The molecule has 1 saturated heterocycles. The highest BCUT2D eigenvalue weighted by molar-refractivity contribution is 5.97. The number of nitrogens with zero attached hydrogens (tertiary/aromatic N) is 1. The van der Waals surface area contributed by atoms with Gasteiger partial charge in [-0.1, -0.05) is 54.1 Å². The van der Waals surface area contributed by atoms with Crippen molar-refractivity contribution >= 4 is 17.8 Å². The Balaban J connectivity index is 1.39. The Morgan fingerprint density at radius 2 is 1.76 bits per heavy atom. The van der Waals surface area contributed by atoms with Gasteiger partial charge in [0, 0.05) is 12.1 Å². The van der Waals surface area contributed by atoms with Crippen LogP contribution >= 0.6 is 0 Å². The topological polar surface area (TPSA) is 78.5 Å². The Labute approximate surface area is 191 Å². The van der Waals surface area contributed by atoms with E-state index in [0.29, 0.717) is 23.2 Å². The van der Waals surface area contributed by atoms with Crippen LogP contribution in [0.25, 0.3) is 0 Å². The first-order valence-electron chi connectivity index (χ1n) is 10.7. The molecule has 1 aliphatic rings. The molecule has 3 aromatic carbocycles. The molecule has 0 bridgehead atoms. The van der Waals surface area contributed by atoms with Gasteiger partial charge in [0.1, 0.15) is 5.82 Å². The van der Waals surface area contributed by atoms with E-state index in [1.807, 2.05) is 31.2 Å². The number of urea groups is 1. The first kappa shape index (κ1) is 22.2. The highest BCUT2D eigenvalue weighted by Gasteiger charge is 2.32. The molecule has 6 nitrogen and oxygen atoms in total. The largest absolute Gasteiger partial charge is 0.348 e. The molecule has 0 unspecified atom stereocenters. The second-order valence-electron chi connectivity index (χ2n) is 8.11. The summed E-state index contributed by atoms with van der Waals surface area (Å²) in [7, 11) is 0. The van der Waals surface area contributed by atoms with Crippen LogP contribution in [0.2, 0.25) is 0 Å². The highest BCUT2D eigenvalue weighted by atomic mass is 19.1. The van der Waals surface area contributed by atoms with Crippen molar-refractivity contribution in [1.82, 2.24) is 15.5 Å². The minimum Gasteiger partial charge on any atom is -0.348 e. The first-order chi connectivity index (χ1) is 15.9. The maximum atomic E-state index is 13.2. The fourth-order valence-electron chi connectivity index (χ4n) is 3.83. The predicted molar refractivity (Wildman–Crippen MR) is 122 cm³/mol. The van der Waals surface area contributed by atoms with E-state index in [9.17, 15) is 18.8 Å². The van der Waals surface area contributed by atoms with Crippen LogP contribution in [-0.2, 0) is 17.9 Å². The lowest BCUT2D eigenvalue weighted by Gasteiger charge is -2.31.